The second kappa shape index (κ2) is 8.77. The van der Waals surface area contributed by atoms with E-state index in [9.17, 15) is 5.11 Å². The molecular weight excluding hydrogens is 320 g/mol. The Morgan fingerprint density at radius 2 is 1.42 bits per heavy atom. The van der Waals surface area contributed by atoms with Crippen molar-refractivity contribution in [2.24, 2.45) is 0 Å². The molecule has 134 valence electrons. The second-order valence-corrected chi connectivity index (χ2v) is 6.14. The van der Waals surface area contributed by atoms with E-state index in [0.717, 1.165) is 33.6 Å². The maximum absolute atomic E-state index is 10.6. The number of aromatic hydroxyl groups is 1. The van der Waals surface area contributed by atoms with Crippen molar-refractivity contribution in [2.45, 2.75) is 6.92 Å². The van der Waals surface area contributed by atoms with Gasteiger partial charge in [-0.2, -0.15) is 0 Å². The zero-order chi connectivity index (χ0) is 19.1. The summed E-state index contributed by atoms with van der Waals surface area (Å²) in [6.07, 6.45) is 1.75. The van der Waals surface area contributed by atoms with Gasteiger partial charge in [-0.25, -0.2) is 0 Å². The number of phenolic OH excluding ortho intramolecular Hbond substituents is 1. The predicted octanol–water partition coefficient (Wildman–Crippen LogP) is 5.57. The van der Waals surface area contributed by atoms with Crippen LogP contribution in [0.4, 0.5) is 11.4 Å². The van der Waals surface area contributed by atoms with Gasteiger partial charge in [0, 0.05) is 30.9 Å². The first-order chi connectivity index (χ1) is 12.5. The van der Waals surface area contributed by atoms with Gasteiger partial charge in [0.25, 0.3) is 0 Å². The third-order valence-electron chi connectivity index (χ3n) is 3.94. The van der Waals surface area contributed by atoms with Crippen molar-refractivity contribution in [3.8, 4) is 28.0 Å². The maximum atomic E-state index is 10.6. The number of anilines is 2. The number of phenols is 1. The lowest BCUT2D eigenvalue weighted by Crippen LogP contribution is -2.08. The van der Waals surface area contributed by atoms with Crippen LogP contribution in [0.15, 0.2) is 79.4 Å². The molecule has 0 aliphatic heterocycles. The van der Waals surface area contributed by atoms with Gasteiger partial charge in [-0.15, -0.1) is 6.58 Å². The van der Waals surface area contributed by atoms with Gasteiger partial charge in [-0.05, 0) is 36.2 Å². The first-order valence-corrected chi connectivity index (χ1v) is 8.51. The normalized spacial score (nSPS) is 9.81. The Bertz CT molecular complexity index is 885. The van der Waals surface area contributed by atoms with Crippen LogP contribution in [-0.2, 0) is 0 Å². The number of allylic oxidation sites excluding steroid dienone is 1. The topological polar surface area (TPSA) is 49.5 Å². The van der Waals surface area contributed by atoms with E-state index in [0.29, 0.717) is 0 Å². The molecule has 0 aromatic heterocycles. The summed E-state index contributed by atoms with van der Waals surface area (Å²) in [6.45, 7) is 5.25. The molecular formula is C23H26N2O. The van der Waals surface area contributed by atoms with E-state index in [1.807, 2.05) is 86.6 Å². The van der Waals surface area contributed by atoms with Gasteiger partial charge in [0.2, 0.25) is 0 Å². The van der Waals surface area contributed by atoms with E-state index in [-0.39, 0.29) is 5.75 Å². The predicted molar refractivity (Wildman–Crippen MR) is 114 cm³/mol. The summed E-state index contributed by atoms with van der Waals surface area (Å²) in [4.78, 5) is 1.90. The van der Waals surface area contributed by atoms with E-state index in [2.05, 4.69) is 12.6 Å². The van der Waals surface area contributed by atoms with Crippen LogP contribution in [0.3, 0.4) is 0 Å². The molecule has 0 radical (unpaired) electrons. The molecule has 0 bridgehead atoms. The summed E-state index contributed by atoms with van der Waals surface area (Å²) in [6, 6.07) is 21.6. The van der Waals surface area contributed by atoms with E-state index >= 15 is 0 Å². The second-order valence-electron chi connectivity index (χ2n) is 6.14. The monoisotopic (exact) mass is 346 g/mol. The number of hydrogen-bond acceptors (Lipinski definition) is 3. The highest BCUT2D eigenvalue weighted by Crippen LogP contribution is 2.38. The summed E-state index contributed by atoms with van der Waals surface area (Å²) in [5.74, 6) is 0.288. The molecule has 26 heavy (non-hydrogen) atoms. The zero-order valence-corrected chi connectivity index (χ0v) is 15.6. The van der Waals surface area contributed by atoms with Crippen LogP contribution in [0.25, 0.3) is 22.3 Å². The number of rotatable bonds is 3. The fraction of sp³-hybridized carbons (Fsp3) is 0.130. The molecule has 3 rings (SSSR count). The molecule has 3 aromatic carbocycles. The van der Waals surface area contributed by atoms with Gasteiger partial charge >= 0.3 is 0 Å². The SMILES string of the molecule is C=CC.CN(C)c1cccc(-c2cccc(-c3ccccc3N)c2)c1O. The van der Waals surface area contributed by atoms with Gasteiger partial charge in [-0.1, -0.05) is 54.6 Å². The highest BCUT2D eigenvalue weighted by Gasteiger charge is 2.11. The molecule has 0 fully saturated rings. The van der Waals surface area contributed by atoms with Crippen molar-refractivity contribution in [2.75, 3.05) is 24.7 Å². The first-order valence-electron chi connectivity index (χ1n) is 8.51. The fourth-order valence-corrected chi connectivity index (χ4v) is 2.74. The molecule has 0 saturated heterocycles. The van der Waals surface area contributed by atoms with Crippen molar-refractivity contribution < 1.29 is 5.11 Å². The average molecular weight is 346 g/mol. The minimum absolute atomic E-state index is 0.288. The van der Waals surface area contributed by atoms with Gasteiger partial charge < -0.3 is 15.7 Å². The summed E-state index contributed by atoms with van der Waals surface area (Å²) in [7, 11) is 3.83. The lowest BCUT2D eigenvalue weighted by Gasteiger charge is -2.17. The maximum Gasteiger partial charge on any atom is 0.146 e. The lowest BCUT2D eigenvalue weighted by atomic mass is 9.97. The Hall–Kier alpha value is -3.20. The minimum Gasteiger partial charge on any atom is -0.505 e. The van der Waals surface area contributed by atoms with Crippen LogP contribution >= 0.6 is 0 Å². The molecule has 3 aromatic rings. The highest BCUT2D eigenvalue weighted by atomic mass is 16.3. The Kier molecular flexibility index (Phi) is 6.45. The number of nitrogen functional groups attached to an aromatic ring is 1. The molecule has 3 nitrogen and oxygen atoms in total. The van der Waals surface area contributed by atoms with Crippen molar-refractivity contribution >= 4 is 11.4 Å². The Morgan fingerprint density at radius 1 is 0.885 bits per heavy atom. The number of hydrogen-bond donors (Lipinski definition) is 2. The van der Waals surface area contributed by atoms with Crippen LogP contribution in [0.5, 0.6) is 5.75 Å². The van der Waals surface area contributed by atoms with Crippen LogP contribution in [0.2, 0.25) is 0 Å². The largest absolute Gasteiger partial charge is 0.505 e. The lowest BCUT2D eigenvalue weighted by molar-refractivity contribution is 0.477. The van der Waals surface area contributed by atoms with E-state index < -0.39 is 0 Å². The minimum atomic E-state index is 0.288. The third kappa shape index (κ3) is 4.25. The Morgan fingerprint density at radius 3 is 2.04 bits per heavy atom. The molecule has 0 spiro atoms. The van der Waals surface area contributed by atoms with Gasteiger partial charge in [-0.3, -0.25) is 0 Å². The Labute approximate surface area is 156 Å². The highest BCUT2D eigenvalue weighted by molar-refractivity contribution is 5.83. The average Bonchev–Trinajstić information content (AvgIpc) is 2.63. The third-order valence-corrected chi connectivity index (χ3v) is 3.94. The van der Waals surface area contributed by atoms with Crippen LogP contribution in [0, 0.1) is 0 Å². The first kappa shape index (κ1) is 19.1. The molecule has 0 amide bonds. The van der Waals surface area contributed by atoms with Gasteiger partial charge in [0.05, 0.1) is 5.69 Å². The molecule has 3 heteroatoms. The number of nitrogens with two attached hydrogens (primary N) is 1. The van der Waals surface area contributed by atoms with Gasteiger partial charge in [0.1, 0.15) is 5.75 Å². The molecule has 3 N–H and O–H groups in total. The number of benzene rings is 3. The molecule has 0 aliphatic rings. The van der Waals surface area contributed by atoms with Crippen molar-refractivity contribution in [1.82, 2.24) is 0 Å². The summed E-state index contributed by atoms with van der Waals surface area (Å²) in [5.41, 5.74) is 11.4. The number of para-hydroxylation sites is 2. The molecule has 0 aliphatic carbocycles. The number of nitrogens with zero attached hydrogens (tertiary/aromatic N) is 1. The van der Waals surface area contributed by atoms with E-state index in [4.69, 9.17) is 5.73 Å². The molecule has 0 heterocycles. The van der Waals surface area contributed by atoms with Crippen molar-refractivity contribution in [3.63, 3.8) is 0 Å². The van der Waals surface area contributed by atoms with E-state index in [1.165, 1.54) is 0 Å². The zero-order valence-electron chi connectivity index (χ0n) is 15.6. The molecule has 0 unspecified atom stereocenters. The molecule has 0 saturated carbocycles. The van der Waals surface area contributed by atoms with Crippen LogP contribution in [0.1, 0.15) is 6.92 Å². The van der Waals surface area contributed by atoms with Crippen molar-refractivity contribution in [3.05, 3.63) is 79.4 Å². The summed E-state index contributed by atoms with van der Waals surface area (Å²) in [5, 5.41) is 10.6. The van der Waals surface area contributed by atoms with E-state index in [1.54, 1.807) is 6.08 Å². The smallest absolute Gasteiger partial charge is 0.146 e. The van der Waals surface area contributed by atoms with Crippen molar-refractivity contribution in [1.29, 1.82) is 0 Å². The fourth-order valence-electron chi connectivity index (χ4n) is 2.74. The standard InChI is InChI=1S/C20H20N2O.C3H6/c1-22(2)19-12-6-10-17(20(19)23)15-8-5-7-14(13-15)16-9-3-4-11-18(16)21;1-3-2/h3-13,23H,21H2,1-2H3;3H,1H2,2H3. The van der Waals surface area contributed by atoms with Crippen LogP contribution < -0.4 is 10.6 Å². The summed E-state index contributed by atoms with van der Waals surface area (Å²) >= 11 is 0. The van der Waals surface area contributed by atoms with Gasteiger partial charge in [0.15, 0.2) is 0 Å². The summed E-state index contributed by atoms with van der Waals surface area (Å²) < 4.78 is 0. The quantitative estimate of drug-likeness (QED) is 0.482. The Balaban J connectivity index is 0.000000758. The van der Waals surface area contributed by atoms with Crippen LogP contribution in [-0.4, -0.2) is 19.2 Å². The molecule has 0 atom stereocenters.